The number of imidazole rings is 1. The maximum atomic E-state index is 11.6. The minimum absolute atomic E-state index is 0.0944. The molecule has 4 heteroatoms. The lowest BCUT2D eigenvalue weighted by atomic mass is 10.3. The molecule has 0 aliphatic heterocycles. The van der Waals surface area contributed by atoms with Gasteiger partial charge in [-0.3, -0.25) is 4.79 Å². The van der Waals surface area contributed by atoms with Gasteiger partial charge in [-0.2, -0.15) is 0 Å². The van der Waals surface area contributed by atoms with E-state index >= 15 is 0 Å². The van der Waals surface area contributed by atoms with Gasteiger partial charge in [0.05, 0.1) is 6.42 Å². The number of Topliss-reactive ketones (excluding diaryl/α,β-unsaturated/α-hetero) is 1. The van der Waals surface area contributed by atoms with Crippen LogP contribution in [0.25, 0.3) is 0 Å². The van der Waals surface area contributed by atoms with Crippen LogP contribution in [0.3, 0.4) is 0 Å². The summed E-state index contributed by atoms with van der Waals surface area (Å²) in [7, 11) is 0. The highest BCUT2D eigenvalue weighted by atomic mass is 16.5. The molecule has 0 aliphatic carbocycles. The lowest BCUT2D eigenvalue weighted by Gasteiger charge is -2.05. The first-order valence-electron chi connectivity index (χ1n) is 5.87. The monoisotopic (exact) mass is 224 g/mol. The van der Waals surface area contributed by atoms with Crippen molar-refractivity contribution in [3.05, 3.63) is 18.2 Å². The van der Waals surface area contributed by atoms with Crippen molar-refractivity contribution in [2.45, 2.75) is 39.7 Å². The fourth-order valence-corrected chi connectivity index (χ4v) is 1.51. The topological polar surface area (TPSA) is 44.1 Å². The van der Waals surface area contributed by atoms with Gasteiger partial charge in [0.2, 0.25) is 0 Å². The van der Waals surface area contributed by atoms with Crippen molar-refractivity contribution in [1.29, 1.82) is 0 Å². The Labute approximate surface area is 96.6 Å². The Bertz CT molecular complexity index is 321. The van der Waals surface area contributed by atoms with E-state index in [-0.39, 0.29) is 12.4 Å². The third-order valence-electron chi connectivity index (χ3n) is 2.23. The number of rotatable bonds is 8. The van der Waals surface area contributed by atoms with Crippen LogP contribution in [0, 0.1) is 0 Å². The van der Waals surface area contributed by atoms with Gasteiger partial charge in [-0.05, 0) is 12.8 Å². The predicted octanol–water partition coefficient (Wildman–Crippen LogP) is 1.83. The second kappa shape index (κ2) is 7.17. The van der Waals surface area contributed by atoms with Crippen LogP contribution in [-0.2, 0) is 22.5 Å². The van der Waals surface area contributed by atoms with Gasteiger partial charge in [-0.1, -0.05) is 13.8 Å². The molecule has 90 valence electrons. The van der Waals surface area contributed by atoms with E-state index < -0.39 is 0 Å². The highest BCUT2D eigenvalue weighted by Crippen LogP contribution is 2.01. The van der Waals surface area contributed by atoms with Crippen LogP contribution in [0.15, 0.2) is 12.4 Å². The minimum Gasteiger partial charge on any atom is -0.374 e. The van der Waals surface area contributed by atoms with Crippen LogP contribution in [0.5, 0.6) is 0 Å². The Morgan fingerprint density at radius 1 is 1.44 bits per heavy atom. The number of nitrogens with zero attached hydrogens (tertiary/aromatic N) is 2. The lowest BCUT2D eigenvalue weighted by Crippen LogP contribution is -2.15. The fourth-order valence-electron chi connectivity index (χ4n) is 1.51. The summed E-state index contributed by atoms with van der Waals surface area (Å²) in [4.78, 5) is 15.8. The van der Waals surface area contributed by atoms with E-state index in [2.05, 4.69) is 11.9 Å². The van der Waals surface area contributed by atoms with E-state index in [0.29, 0.717) is 13.0 Å². The number of hydrogen-bond acceptors (Lipinski definition) is 3. The minimum atomic E-state index is 0.0944. The molecule has 0 saturated carbocycles. The summed E-state index contributed by atoms with van der Waals surface area (Å²) in [5.41, 5.74) is 0. The standard InChI is InChI=1S/C12H20N2O2/c1-3-6-14-7-5-13-12(14)9-11(15)10-16-8-4-2/h5,7H,3-4,6,8-10H2,1-2H3. The second-order valence-corrected chi connectivity index (χ2v) is 3.80. The molecule has 16 heavy (non-hydrogen) atoms. The van der Waals surface area contributed by atoms with Crippen molar-refractivity contribution in [3.8, 4) is 0 Å². The third-order valence-corrected chi connectivity index (χ3v) is 2.23. The maximum Gasteiger partial charge on any atom is 0.165 e. The van der Waals surface area contributed by atoms with Crippen molar-refractivity contribution < 1.29 is 9.53 Å². The normalized spacial score (nSPS) is 10.6. The summed E-state index contributed by atoms with van der Waals surface area (Å²) in [6.45, 7) is 5.90. The Morgan fingerprint density at radius 2 is 2.25 bits per heavy atom. The predicted molar refractivity (Wildman–Crippen MR) is 62.3 cm³/mol. The molecule has 0 bridgehead atoms. The van der Waals surface area contributed by atoms with Crippen molar-refractivity contribution >= 4 is 5.78 Å². The van der Waals surface area contributed by atoms with Gasteiger partial charge in [0.25, 0.3) is 0 Å². The van der Waals surface area contributed by atoms with Gasteiger partial charge in [-0.15, -0.1) is 0 Å². The molecule has 0 aliphatic rings. The van der Waals surface area contributed by atoms with Gasteiger partial charge in [0.1, 0.15) is 12.4 Å². The molecule has 1 aromatic heterocycles. The lowest BCUT2D eigenvalue weighted by molar-refractivity contribution is -0.123. The van der Waals surface area contributed by atoms with Crippen LogP contribution in [0.1, 0.15) is 32.5 Å². The molecular weight excluding hydrogens is 204 g/mol. The number of aryl methyl sites for hydroxylation is 1. The third kappa shape index (κ3) is 4.14. The summed E-state index contributed by atoms with van der Waals surface area (Å²) in [6, 6.07) is 0. The number of ketones is 1. The number of aromatic nitrogens is 2. The zero-order chi connectivity index (χ0) is 11.8. The Kier molecular flexibility index (Phi) is 5.78. The number of carbonyl (C=O) groups is 1. The molecule has 4 nitrogen and oxygen atoms in total. The van der Waals surface area contributed by atoms with E-state index in [9.17, 15) is 4.79 Å². The first-order valence-corrected chi connectivity index (χ1v) is 5.87. The largest absolute Gasteiger partial charge is 0.374 e. The summed E-state index contributed by atoms with van der Waals surface area (Å²) in [6.07, 6.45) is 6.02. The zero-order valence-corrected chi connectivity index (χ0v) is 10.1. The van der Waals surface area contributed by atoms with Crippen molar-refractivity contribution in [1.82, 2.24) is 9.55 Å². The highest BCUT2D eigenvalue weighted by Gasteiger charge is 2.08. The van der Waals surface area contributed by atoms with Gasteiger partial charge in [0.15, 0.2) is 5.78 Å². The molecule has 1 aromatic rings. The summed E-state index contributed by atoms with van der Waals surface area (Å²) in [5.74, 6) is 0.934. The molecule has 0 spiro atoms. The molecule has 0 radical (unpaired) electrons. The van der Waals surface area contributed by atoms with E-state index in [1.807, 2.05) is 17.7 Å². The molecule has 0 saturated heterocycles. The average molecular weight is 224 g/mol. The number of ether oxygens (including phenoxy) is 1. The Hall–Kier alpha value is -1.16. The summed E-state index contributed by atoms with van der Waals surface area (Å²) in [5, 5.41) is 0. The Balaban J connectivity index is 2.39. The van der Waals surface area contributed by atoms with Gasteiger partial charge >= 0.3 is 0 Å². The first kappa shape index (κ1) is 12.9. The molecule has 0 aromatic carbocycles. The quantitative estimate of drug-likeness (QED) is 0.633. The van der Waals surface area contributed by atoms with Crippen LogP contribution in [0.2, 0.25) is 0 Å². The summed E-state index contributed by atoms with van der Waals surface area (Å²) < 4.78 is 7.23. The van der Waals surface area contributed by atoms with Crippen LogP contribution in [-0.4, -0.2) is 28.5 Å². The van der Waals surface area contributed by atoms with E-state index in [1.54, 1.807) is 6.20 Å². The number of carbonyl (C=O) groups excluding carboxylic acids is 1. The maximum absolute atomic E-state index is 11.6. The smallest absolute Gasteiger partial charge is 0.165 e. The van der Waals surface area contributed by atoms with Crippen molar-refractivity contribution in [2.24, 2.45) is 0 Å². The van der Waals surface area contributed by atoms with Crippen LogP contribution < -0.4 is 0 Å². The van der Waals surface area contributed by atoms with Gasteiger partial charge < -0.3 is 9.30 Å². The SMILES string of the molecule is CCCOCC(=O)Cc1nccn1CCC. The molecule has 1 rings (SSSR count). The second-order valence-electron chi connectivity index (χ2n) is 3.80. The van der Waals surface area contributed by atoms with E-state index in [4.69, 9.17) is 4.74 Å². The van der Waals surface area contributed by atoms with Crippen molar-refractivity contribution in [2.75, 3.05) is 13.2 Å². The zero-order valence-electron chi connectivity index (χ0n) is 10.1. The number of hydrogen-bond donors (Lipinski definition) is 0. The van der Waals surface area contributed by atoms with E-state index in [1.165, 1.54) is 0 Å². The van der Waals surface area contributed by atoms with Gasteiger partial charge in [-0.25, -0.2) is 4.98 Å². The molecular formula is C12H20N2O2. The molecule has 0 amide bonds. The van der Waals surface area contributed by atoms with E-state index in [0.717, 1.165) is 25.2 Å². The highest BCUT2D eigenvalue weighted by molar-refractivity contribution is 5.81. The average Bonchev–Trinajstić information content (AvgIpc) is 2.67. The molecule has 0 N–H and O–H groups in total. The van der Waals surface area contributed by atoms with Crippen LogP contribution >= 0.6 is 0 Å². The summed E-state index contributed by atoms with van der Waals surface area (Å²) >= 11 is 0. The van der Waals surface area contributed by atoms with Crippen LogP contribution in [0.4, 0.5) is 0 Å². The van der Waals surface area contributed by atoms with Crippen molar-refractivity contribution in [3.63, 3.8) is 0 Å². The molecule has 1 heterocycles. The molecule has 0 unspecified atom stereocenters. The Morgan fingerprint density at radius 3 is 2.94 bits per heavy atom. The molecule has 0 fully saturated rings. The fraction of sp³-hybridized carbons (Fsp3) is 0.667. The van der Waals surface area contributed by atoms with Gasteiger partial charge in [0, 0.05) is 25.5 Å². The molecule has 0 atom stereocenters. The first-order chi connectivity index (χ1) is 7.77.